The average molecular weight is 265 g/mol. The van der Waals surface area contributed by atoms with Crippen LogP contribution in [0.3, 0.4) is 0 Å². The highest BCUT2D eigenvalue weighted by atomic mass is 19.1. The van der Waals surface area contributed by atoms with Gasteiger partial charge in [0.15, 0.2) is 0 Å². The molecule has 0 aliphatic heterocycles. The van der Waals surface area contributed by atoms with E-state index in [1.165, 1.54) is 25.3 Å². The predicted molar refractivity (Wildman–Crippen MR) is 75.8 cm³/mol. The van der Waals surface area contributed by atoms with Crippen molar-refractivity contribution in [2.24, 2.45) is 5.92 Å². The van der Waals surface area contributed by atoms with Crippen molar-refractivity contribution in [3.63, 3.8) is 0 Å². The number of benzene rings is 1. The summed E-state index contributed by atoms with van der Waals surface area (Å²) in [6.07, 6.45) is 3.79. The van der Waals surface area contributed by atoms with Crippen molar-refractivity contribution >= 4 is 0 Å². The first-order valence-corrected chi connectivity index (χ1v) is 7.10. The van der Waals surface area contributed by atoms with Crippen molar-refractivity contribution in [1.82, 2.24) is 5.32 Å². The third-order valence-corrected chi connectivity index (χ3v) is 3.46. The van der Waals surface area contributed by atoms with Crippen LogP contribution in [0, 0.1) is 11.7 Å². The first-order valence-electron chi connectivity index (χ1n) is 7.10. The van der Waals surface area contributed by atoms with Gasteiger partial charge in [-0.05, 0) is 57.2 Å². The van der Waals surface area contributed by atoms with E-state index in [4.69, 9.17) is 4.74 Å². The highest BCUT2D eigenvalue weighted by molar-refractivity contribution is 5.29. The molecule has 1 aromatic rings. The van der Waals surface area contributed by atoms with E-state index in [1.807, 2.05) is 6.07 Å². The van der Waals surface area contributed by atoms with Gasteiger partial charge in [0.2, 0.25) is 0 Å². The summed E-state index contributed by atoms with van der Waals surface area (Å²) in [5, 5.41) is 3.36. The third-order valence-electron chi connectivity index (χ3n) is 3.46. The Balaban J connectivity index is 1.93. The van der Waals surface area contributed by atoms with Gasteiger partial charge in [0.05, 0.1) is 6.61 Å². The van der Waals surface area contributed by atoms with Crippen LogP contribution in [0.2, 0.25) is 0 Å². The van der Waals surface area contributed by atoms with Gasteiger partial charge in [0, 0.05) is 18.2 Å². The minimum Gasteiger partial charge on any atom is -0.493 e. The molecule has 106 valence electrons. The molecule has 2 nitrogen and oxygen atoms in total. The van der Waals surface area contributed by atoms with Crippen LogP contribution in [0.25, 0.3) is 0 Å². The number of nitrogens with one attached hydrogen (secondary N) is 1. The highest BCUT2D eigenvalue weighted by Gasteiger charge is 2.18. The van der Waals surface area contributed by atoms with Crippen LogP contribution < -0.4 is 10.1 Å². The smallest absolute Gasteiger partial charge is 0.127 e. The first-order chi connectivity index (χ1) is 8.92. The molecule has 3 heteroatoms. The van der Waals surface area contributed by atoms with E-state index in [0.29, 0.717) is 18.2 Å². The van der Waals surface area contributed by atoms with Crippen molar-refractivity contribution < 1.29 is 9.13 Å². The van der Waals surface area contributed by atoms with Gasteiger partial charge in [-0.2, -0.15) is 0 Å². The Labute approximate surface area is 115 Å². The van der Waals surface area contributed by atoms with Crippen LogP contribution >= 0.6 is 0 Å². The zero-order chi connectivity index (χ0) is 13.9. The number of hydrogen-bond acceptors (Lipinski definition) is 2. The molecule has 1 aromatic carbocycles. The quantitative estimate of drug-likeness (QED) is 0.872. The third kappa shape index (κ3) is 4.83. The number of rotatable bonds is 5. The minimum atomic E-state index is -0.225. The molecule has 0 heterocycles. The van der Waals surface area contributed by atoms with Gasteiger partial charge in [0.25, 0.3) is 0 Å². The van der Waals surface area contributed by atoms with Gasteiger partial charge in [-0.3, -0.25) is 0 Å². The molecule has 1 N–H and O–H groups in total. The zero-order valence-electron chi connectivity index (χ0n) is 12.1. The maximum Gasteiger partial charge on any atom is 0.127 e. The lowest BCUT2D eigenvalue weighted by molar-refractivity contribution is 0.180. The summed E-state index contributed by atoms with van der Waals surface area (Å²) in [6, 6.07) is 4.97. The summed E-state index contributed by atoms with van der Waals surface area (Å²) in [4.78, 5) is 0. The van der Waals surface area contributed by atoms with Crippen molar-refractivity contribution in [3.05, 3.63) is 29.6 Å². The molecule has 0 bridgehead atoms. The zero-order valence-corrected chi connectivity index (χ0v) is 12.1. The standard InChI is InChI=1S/C16H24FNO/c1-16(2,3)18-10-13-7-14(17)9-15(8-13)19-11-12-5-4-6-12/h7-9,12,18H,4-6,10-11H2,1-3H3. The molecule has 0 radical (unpaired) electrons. The molecule has 0 spiro atoms. The lowest BCUT2D eigenvalue weighted by atomic mass is 9.86. The normalized spacial score (nSPS) is 16.2. The Morgan fingerprint density at radius 1 is 1.26 bits per heavy atom. The highest BCUT2D eigenvalue weighted by Crippen LogP contribution is 2.27. The van der Waals surface area contributed by atoms with Crippen LogP contribution in [0.1, 0.15) is 45.6 Å². The fourth-order valence-electron chi connectivity index (χ4n) is 2.05. The van der Waals surface area contributed by atoms with Crippen LogP contribution in [0.15, 0.2) is 18.2 Å². The summed E-state index contributed by atoms with van der Waals surface area (Å²) in [7, 11) is 0. The maximum atomic E-state index is 13.6. The molecular weight excluding hydrogens is 241 g/mol. The molecule has 0 amide bonds. The molecular formula is C16H24FNO. The first kappa shape index (κ1) is 14.3. The molecule has 0 aromatic heterocycles. The summed E-state index contributed by atoms with van der Waals surface area (Å²) in [6.45, 7) is 7.66. The van der Waals surface area contributed by atoms with Gasteiger partial charge in [-0.1, -0.05) is 6.42 Å². The molecule has 0 unspecified atom stereocenters. The molecule has 1 saturated carbocycles. The molecule has 2 rings (SSSR count). The van der Waals surface area contributed by atoms with Gasteiger partial charge in [0.1, 0.15) is 11.6 Å². The van der Waals surface area contributed by atoms with Gasteiger partial charge >= 0.3 is 0 Å². The van der Waals surface area contributed by atoms with Crippen molar-refractivity contribution in [2.45, 2.75) is 52.1 Å². The van der Waals surface area contributed by atoms with Crippen LogP contribution in [-0.2, 0) is 6.54 Å². The summed E-state index contributed by atoms with van der Waals surface area (Å²) < 4.78 is 19.3. The van der Waals surface area contributed by atoms with Crippen molar-refractivity contribution in [2.75, 3.05) is 6.61 Å². The predicted octanol–water partition coefficient (Wildman–Crippen LogP) is 3.89. The van der Waals surface area contributed by atoms with Crippen LogP contribution in [-0.4, -0.2) is 12.1 Å². The Hall–Kier alpha value is -1.09. The fourth-order valence-corrected chi connectivity index (χ4v) is 2.05. The molecule has 0 atom stereocenters. The van der Waals surface area contributed by atoms with E-state index in [2.05, 4.69) is 26.1 Å². The molecule has 1 fully saturated rings. The SMILES string of the molecule is CC(C)(C)NCc1cc(F)cc(OCC2CCC2)c1. The fraction of sp³-hybridized carbons (Fsp3) is 0.625. The molecule has 0 saturated heterocycles. The second-order valence-corrected chi connectivity index (χ2v) is 6.51. The monoisotopic (exact) mass is 265 g/mol. The largest absolute Gasteiger partial charge is 0.493 e. The van der Waals surface area contributed by atoms with E-state index in [-0.39, 0.29) is 11.4 Å². The average Bonchev–Trinajstić information content (AvgIpc) is 2.23. The number of hydrogen-bond donors (Lipinski definition) is 1. The molecule has 19 heavy (non-hydrogen) atoms. The Bertz CT molecular complexity index is 421. The topological polar surface area (TPSA) is 21.3 Å². The Morgan fingerprint density at radius 2 is 2.00 bits per heavy atom. The van der Waals surface area contributed by atoms with Gasteiger partial charge in [-0.25, -0.2) is 4.39 Å². The number of halogens is 1. The van der Waals surface area contributed by atoms with E-state index < -0.39 is 0 Å². The maximum absolute atomic E-state index is 13.6. The van der Waals surface area contributed by atoms with Crippen LogP contribution in [0.4, 0.5) is 4.39 Å². The summed E-state index contributed by atoms with van der Waals surface area (Å²) >= 11 is 0. The van der Waals surface area contributed by atoms with E-state index in [1.54, 1.807) is 6.07 Å². The lowest BCUT2D eigenvalue weighted by Crippen LogP contribution is -2.35. The second kappa shape index (κ2) is 5.91. The van der Waals surface area contributed by atoms with E-state index >= 15 is 0 Å². The minimum absolute atomic E-state index is 0.0271. The Kier molecular flexibility index (Phi) is 4.46. The van der Waals surface area contributed by atoms with Gasteiger partial charge < -0.3 is 10.1 Å². The molecule has 1 aliphatic carbocycles. The van der Waals surface area contributed by atoms with Crippen molar-refractivity contribution in [1.29, 1.82) is 0 Å². The second-order valence-electron chi connectivity index (χ2n) is 6.51. The van der Waals surface area contributed by atoms with E-state index in [0.717, 1.165) is 12.2 Å². The molecule has 1 aliphatic rings. The summed E-state index contributed by atoms with van der Waals surface area (Å²) in [5.74, 6) is 1.09. The summed E-state index contributed by atoms with van der Waals surface area (Å²) in [5.41, 5.74) is 0.956. The van der Waals surface area contributed by atoms with E-state index in [9.17, 15) is 4.39 Å². The number of ether oxygens (including phenoxy) is 1. The van der Waals surface area contributed by atoms with Gasteiger partial charge in [-0.15, -0.1) is 0 Å². The lowest BCUT2D eigenvalue weighted by Gasteiger charge is -2.25. The Morgan fingerprint density at radius 3 is 2.58 bits per heavy atom. The van der Waals surface area contributed by atoms with Crippen LogP contribution in [0.5, 0.6) is 5.75 Å². The van der Waals surface area contributed by atoms with Crippen molar-refractivity contribution in [3.8, 4) is 5.75 Å².